The number of hydrogen-bond acceptors (Lipinski definition) is 10. The van der Waals surface area contributed by atoms with Crippen LogP contribution in [0.25, 0.3) is 21.8 Å². The normalized spacial score (nSPS) is 11.0. The van der Waals surface area contributed by atoms with Gasteiger partial charge in [0, 0.05) is 39.7 Å². The van der Waals surface area contributed by atoms with E-state index in [0.717, 1.165) is 11.5 Å². The van der Waals surface area contributed by atoms with Gasteiger partial charge in [-0.25, -0.2) is 0 Å². The molecule has 0 unspecified atom stereocenters. The number of carbonyl (C=O) groups is 2. The molecule has 6 heterocycles. The molecule has 6 aromatic rings. The summed E-state index contributed by atoms with van der Waals surface area (Å²) in [6.07, 6.45) is 3.38. The highest BCUT2D eigenvalue weighted by Crippen LogP contribution is 2.16. The van der Waals surface area contributed by atoms with Crippen LogP contribution >= 0.6 is 0 Å². The fraction of sp³-hybridized carbons (Fsp3) is 0.316. The van der Waals surface area contributed by atoms with Crippen molar-refractivity contribution in [2.24, 2.45) is 0 Å². The minimum Gasteiger partial charge on any atom is -0.465 e. The number of ether oxygens (including phenoxy) is 2. The molecule has 14 heteroatoms. The molecule has 6 aromatic heterocycles. The van der Waals surface area contributed by atoms with Gasteiger partial charge in [0.2, 0.25) is 0 Å². The van der Waals surface area contributed by atoms with Gasteiger partial charge in [0.05, 0.1) is 70.6 Å². The summed E-state index contributed by atoms with van der Waals surface area (Å²) in [5, 5.41) is 6.42. The van der Waals surface area contributed by atoms with Crippen molar-refractivity contribution >= 4 is 33.6 Å². The number of nitrogens with zero attached hydrogens (tertiary/aromatic N) is 4. The lowest BCUT2D eigenvalue weighted by atomic mass is 10.1. The summed E-state index contributed by atoms with van der Waals surface area (Å²) in [7, 11) is 3.17. The monoisotopic (exact) mass is 710 g/mol. The molecular weight excluding hydrogens is 668 g/mol. The van der Waals surface area contributed by atoms with E-state index in [9.17, 15) is 19.2 Å². The van der Waals surface area contributed by atoms with E-state index in [0.29, 0.717) is 82.1 Å². The molecule has 0 aliphatic rings. The van der Waals surface area contributed by atoms with Gasteiger partial charge < -0.3 is 38.1 Å². The number of rotatable bonds is 12. The molecule has 0 aliphatic carbocycles. The highest BCUT2D eigenvalue weighted by Gasteiger charge is 2.16. The number of methoxy groups -OCH3 is 2. The van der Waals surface area contributed by atoms with Crippen LogP contribution < -0.4 is 21.8 Å². The van der Waals surface area contributed by atoms with E-state index in [1.54, 1.807) is 73.9 Å². The lowest BCUT2D eigenvalue weighted by Crippen LogP contribution is -2.25. The third-order valence-electron chi connectivity index (χ3n) is 8.29. The molecule has 0 bridgehead atoms. The molecule has 14 nitrogen and oxygen atoms in total. The topological polar surface area (TPSA) is 173 Å². The minimum atomic E-state index is -0.294. The number of pyridine rings is 4. The van der Waals surface area contributed by atoms with Crippen LogP contribution in [0.15, 0.2) is 79.3 Å². The zero-order chi connectivity index (χ0) is 37.4. The van der Waals surface area contributed by atoms with Crippen molar-refractivity contribution in [2.75, 3.05) is 27.4 Å². The lowest BCUT2D eigenvalue weighted by molar-refractivity contribution is 0.0939. The van der Waals surface area contributed by atoms with Gasteiger partial charge in [0.1, 0.15) is 23.0 Å². The highest BCUT2D eigenvalue weighted by atomic mass is 16.5. The number of amides is 2. The smallest absolute Gasteiger partial charge is 0.260 e. The van der Waals surface area contributed by atoms with E-state index in [1.807, 2.05) is 38.1 Å². The van der Waals surface area contributed by atoms with E-state index in [-0.39, 0.29) is 36.0 Å². The van der Waals surface area contributed by atoms with Crippen molar-refractivity contribution in [3.63, 3.8) is 0 Å². The van der Waals surface area contributed by atoms with E-state index >= 15 is 0 Å². The Labute approximate surface area is 299 Å². The van der Waals surface area contributed by atoms with Crippen molar-refractivity contribution in [1.82, 2.24) is 29.7 Å². The quantitative estimate of drug-likeness (QED) is 0.186. The standard InChI is InChI=1S/2C19H21N3O4/c2*1-12-4-5-14(26-12)11-20-18(23)15-10-16-17(21-13(15)2)6-7-22(19(16)24)8-9-25-3/h2*4-7,10H,8-9,11H2,1-3H3,(H,20,23). The van der Waals surface area contributed by atoms with Crippen LogP contribution in [0.2, 0.25) is 0 Å². The summed E-state index contributed by atoms with van der Waals surface area (Å²) in [4.78, 5) is 59.1. The Morgan fingerprint density at radius 1 is 0.654 bits per heavy atom. The van der Waals surface area contributed by atoms with E-state index < -0.39 is 0 Å². The Bertz CT molecular complexity index is 2170. The summed E-state index contributed by atoms with van der Waals surface area (Å²) in [5.74, 6) is 2.33. The van der Waals surface area contributed by atoms with Gasteiger partial charge in [-0.05, 0) is 76.2 Å². The predicted octanol–water partition coefficient (Wildman–Crippen LogP) is 4.37. The molecule has 2 amide bonds. The minimum absolute atomic E-state index is 0.192. The zero-order valence-corrected chi connectivity index (χ0v) is 30.1. The number of hydrogen-bond donors (Lipinski definition) is 2. The van der Waals surface area contributed by atoms with Crippen LogP contribution in [-0.2, 0) is 35.7 Å². The first kappa shape index (κ1) is 37.4. The Hall–Kier alpha value is -5.86. The van der Waals surface area contributed by atoms with Crippen molar-refractivity contribution in [3.05, 3.63) is 127 Å². The molecule has 0 aromatic carbocycles. The number of fused-ring (bicyclic) bond motifs is 2. The Kier molecular flexibility index (Phi) is 12.2. The number of aryl methyl sites for hydroxylation is 4. The molecule has 6 rings (SSSR count). The van der Waals surface area contributed by atoms with Gasteiger partial charge >= 0.3 is 0 Å². The Morgan fingerprint density at radius 3 is 1.40 bits per heavy atom. The molecule has 0 aliphatic heterocycles. The number of furan rings is 2. The van der Waals surface area contributed by atoms with E-state index in [4.69, 9.17) is 18.3 Å². The molecular formula is C38H42N6O8. The van der Waals surface area contributed by atoms with Crippen molar-refractivity contribution in [2.45, 2.75) is 53.9 Å². The number of aromatic nitrogens is 4. The number of nitrogens with one attached hydrogen (secondary N) is 2. The second-order valence-electron chi connectivity index (χ2n) is 12.1. The highest BCUT2D eigenvalue weighted by molar-refractivity contribution is 5.99. The van der Waals surface area contributed by atoms with E-state index in [1.165, 1.54) is 0 Å². The van der Waals surface area contributed by atoms with Crippen LogP contribution in [-0.4, -0.2) is 58.3 Å². The largest absolute Gasteiger partial charge is 0.465 e. The second-order valence-corrected chi connectivity index (χ2v) is 12.1. The first-order chi connectivity index (χ1) is 25.0. The maximum Gasteiger partial charge on any atom is 0.260 e. The van der Waals surface area contributed by atoms with Crippen LogP contribution in [0.4, 0.5) is 0 Å². The van der Waals surface area contributed by atoms with Crippen molar-refractivity contribution in [3.8, 4) is 0 Å². The molecule has 0 atom stereocenters. The average molecular weight is 711 g/mol. The molecule has 0 saturated heterocycles. The van der Waals surface area contributed by atoms with Gasteiger partial charge in [-0.2, -0.15) is 0 Å². The van der Waals surface area contributed by atoms with Crippen molar-refractivity contribution in [1.29, 1.82) is 0 Å². The maximum atomic E-state index is 12.6. The van der Waals surface area contributed by atoms with Crippen LogP contribution in [0.1, 0.15) is 55.1 Å². The van der Waals surface area contributed by atoms with Crippen LogP contribution in [0.3, 0.4) is 0 Å². The zero-order valence-electron chi connectivity index (χ0n) is 30.1. The fourth-order valence-electron chi connectivity index (χ4n) is 5.49. The summed E-state index contributed by atoms with van der Waals surface area (Å²) >= 11 is 0. The Morgan fingerprint density at radius 2 is 1.06 bits per heavy atom. The van der Waals surface area contributed by atoms with E-state index in [2.05, 4.69) is 20.6 Å². The first-order valence-corrected chi connectivity index (χ1v) is 16.7. The second kappa shape index (κ2) is 16.9. The molecule has 2 N–H and O–H groups in total. The van der Waals surface area contributed by atoms with Crippen LogP contribution in [0, 0.1) is 27.7 Å². The van der Waals surface area contributed by atoms with Gasteiger partial charge in [-0.3, -0.25) is 29.1 Å². The predicted molar refractivity (Wildman–Crippen MR) is 194 cm³/mol. The van der Waals surface area contributed by atoms with Gasteiger partial charge in [0.25, 0.3) is 22.9 Å². The van der Waals surface area contributed by atoms with Gasteiger partial charge in [-0.1, -0.05) is 0 Å². The third kappa shape index (κ3) is 8.89. The van der Waals surface area contributed by atoms with Crippen molar-refractivity contribution < 1.29 is 27.9 Å². The SMILES string of the molecule is COCCn1ccc2nc(C)c(C(=O)NCc3ccc(C)o3)cc2c1=O.COCCn1ccc2nc(C)c(C(=O)NCc3ccc(C)o3)cc2c1=O. The van der Waals surface area contributed by atoms with Gasteiger partial charge in [0.15, 0.2) is 0 Å². The number of carbonyl (C=O) groups excluding carboxylic acids is 2. The molecule has 0 spiro atoms. The summed E-state index contributed by atoms with van der Waals surface area (Å²) < 4.78 is 24.0. The molecule has 272 valence electrons. The first-order valence-electron chi connectivity index (χ1n) is 16.7. The summed E-state index contributed by atoms with van der Waals surface area (Å²) in [5.41, 5.74) is 2.65. The summed E-state index contributed by atoms with van der Waals surface area (Å²) in [6, 6.07) is 14.1. The average Bonchev–Trinajstić information content (AvgIpc) is 3.75. The lowest BCUT2D eigenvalue weighted by Gasteiger charge is -2.10. The maximum absolute atomic E-state index is 12.6. The fourth-order valence-corrected chi connectivity index (χ4v) is 5.49. The molecule has 0 radical (unpaired) electrons. The Balaban J connectivity index is 0.000000201. The summed E-state index contributed by atoms with van der Waals surface area (Å²) in [6.45, 7) is 9.49. The van der Waals surface area contributed by atoms with Gasteiger partial charge in [-0.15, -0.1) is 0 Å². The molecule has 0 saturated carbocycles. The third-order valence-corrected chi connectivity index (χ3v) is 8.29. The molecule has 0 fully saturated rings. The van der Waals surface area contributed by atoms with Crippen LogP contribution in [0.5, 0.6) is 0 Å². The molecule has 52 heavy (non-hydrogen) atoms.